The maximum absolute atomic E-state index is 10.2. The van der Waals surface area contributed by atoms with E-state index in [1.807, 2.05) is 0 Å². The van der Waals surface area contributed by atoms with Crippen molar-refractivity contribution >= 4 is 23.0 Å². The molecule has 0 heterocycles. The number of halogens is 1. The molecule has 0 aromatic heterocycles. The lowest BCUT2D eigenvalue weighted by molar-refractivity contribution is -0.348. The van der Waals surface area contributed by atoms with Crippen LogP contribution in [0, 0.1) is 11.3 Å². The minimum absolute atomic E-state index is 0.0885. The van der Waals surface area contributed by atoms with E-state index in [9.17, 15) is 20.3 Å². The number of aliphatic hydroxyl groups is 2. The first-order chi connectivity index (χ1) is 9.08. The van der Waals surface area contributed by atoms with Crippen LogP contribution in [0.25, 0.3) is 0 Å². The SMILES string of the molecule is CC1(O)CCC2CC1(O)C2(C)C.[O-]B([O-])CCCCBr. The lowest BCUT2D eigenvalue weighted by atomic mass is 9.41. The number of hydrogen-bond acceptors (Lipinski definition) is 4. The van der Waals surface area contributed by atoms with Crippen molar-refractivity contribution in [2.45, 2.75) is 70.4 Å². The Hall–Kier alpha value is 0.385. The molecule has 118 valence electrons. The van der Waals surface area contributed by atoms with Crippen LogP contribution >= 0.6 is 15.9 Å². The number of rotatable bonds is 4. The first-order valence-electron chi connectivity index (χ1n) is 7.41. The van der Waals surface area contributed by atoms with Gasteiger partial charge in [0.25, 0.3) is 0 Å². The van der Waals surface area contributed by atoms with Gasteiger partial charge in [0.1, 0.15) is 0 Å². The first-order valence-corrected chi connectivity index (χ1v) is 8.53. The van der Waals surface area contributed by atoms with Crippen LogP contribution in [0.3, 0.4) is 0 Å². The normalized spacial score (nSPS) is 37.5. The number of alkyl halides is 1. The summed E-state index contributed by atoms with van der Waals surface area (Å²) in [4.78, 5) is 0. The van der Waals surface area contributed by atoms with Crippen LogP contribution in [0.2, 0.25) is 6.32 Å². The second-order valence-electron chi connectivity index (χ2n) is 6.91. The standard InChI is InChI=1S/C10H18O2.C4H8BBrO2/c1-8(2)7-4-5-9(3,11)10(8,12)6-7;6-4-2-1-3-5(7)8/h7,11-12H,4-6H2,1-3H3;1-4H2/q;-2. The second-order valence-corrected chi connectivity index (χ2v) is 7.70. The van der Waals surface area contributed by atoms with Crippen molar-refractivity contribution in [3.8, 4) is 0 Å². The van der Waals surface area contributed by atoms with Crippen LogP contribution in [-0.4, -0.2) is 33.9 Å². The van der Waals surface area contributed by atoms with Crippen molar-refractivity contribution in [3.05, 3.63) is 0 Å². The molecule has 4 nitrogen and oxygen atoms in total. The van der Waals surface area contributed by atoms with Crippen LogP contribution in [0.4, 0.5) is 0 Å². The topological polar surface area (TPSA) is 86.6 Å². The summed E-state index contributed by atoms with van der Waals surface area (Å²) in [6, 6.07) is 0. The highest BCUT2D eigenvalue weighted by Crippen LogP contribution is 2.65. The van der Waals surface area contributed by atoms with Gasteiger partial charge >= 0.3 is 0 Å². The highest BCUT2D eigenvalue weighted by molar-refractivity contribution is 9.09. The predicted octanol–water partition coefficient (Wildman–Crippen LogP) is 0.679. The van der Waals surface area contributed by atoms with Gasteiger partial charge in [0.15, 0.2) is 0 Å². The molecule has 3 aliphatic carbocycles. The summed E-state index contributed by atoms with van der Waals surface area (Å²) < 4.78 is 0. The van der Waals surface area contributed by atoms with Crippen LogP contribution in [-0.2, 0) is 0 Å². The molecule has 0 spiro atoms. The molecule has 2 N–H and O–H groups in total. The van der Waals surface area contributed by atoms with Gasteiger partial charge in [0.05, 0.1) is 11.2 Å². The van der Waals surface area contributed by atoms with E-state index in [-0.39, 0.29) is 11.7 Å². The molecule has 3 rings (SSSR count). The summed E-state index contributed by atoms with van der Waals surface area (Å²) in [6.07, 6.45) is 4.54. The van der Waals surface area contributed by atoms with Crippen molar-refractivity contribution in [2.24, 2.45) is 11.3 Å². The van der Waals surface area contributed by atoms with Crippen LogP contribution in [0.5, 0.6) is 0 Å². The Labute approximate surface area is 130 Å². The number of fused-ring (bicyclic) bond motifs is 2. The summed E-state index contributed by atoms with van der Waals surface area (Å²) in [5.41, 5.74) is -1.79. The van der Waals surface area contributed by atoms with Gasteiger partial charge in [-0.2, -0.15) is 0 Å². The van der Waals surface area contributed by atoms with Crippen molar-refractivity contribution in [1.82, 2.24) is 0 Å². The molecule has 3 atom stereocenters. The molecule has 0 aromatic carbocycles. The minimum Gasteiger partial charge on any atom is -0.893 e. The zero-order valence-corrected chi connectivity index (χ0v) is 14.3. The smallest absolute Gasteiger partial charge is 0.0986 e. The van der Waals surface area contributed by atoms with E-state index in [0.717, 1.165) is 37.4 Å². The van der Waals surface area contributed by atoms with E-state index in [2.05, 4.69) is 29.8 Å². The van der Waals surface area contributed by atoms with E-state index in [0.29, 0.717) is 5.92 Å². The third-order valence-corrected chi connectivity index (χ3v) is 5.88. The predicted molar refractivity (Wildman–Crippen MR) is 80.3 cm³/mol. The van der Waals surface area contributed by atoms with E-state index < -0.39 is 18.3 Å². The molecule has 3 aliphatic rings. The number of unbranched alkanes of at least 4 members (excludes halogenated alkanes) is 1. The maximum Gasteiger partial charge on any atom is 0.0986 e. The quantitative estimate of drug-likeness (QED) is 0.444. The molecular weight excluding hydrogens is 323 g/mol. The van der Waals surface area contributed by atoms with Gasteiger partial charge in [0.2, 0.25) is 0 Å². The Kier molecular flexibility index (Phi) is 6.13. The molecule has 20 heavy (non-hydrogen) atoms. The summed E-state index contributed by atoms with van der Waals surface area (Å²) in [7, 11) is -1.62. The zero-order valence-electron chi connectivity index (χ0n) is 12.7. The molecule has 6 heteroatoms. The third-order valence-electron chi connectivity index (χ3n) is 5.32. The molecular formula is C14H26BBrO4-2. The molecule has 0 saturated heterocycles. The molecule has 0 aromatic rings. The molecule has 3 saturated carbocycles. The molecule has 0 radical (unpaired) electrons. The van der Waals surface area contributed by atoms with Gasteiger partial charge in [-0.3, -0.25) is 0 Å². The van der Waals surface area contributed by atoms with Crippen molar-refractivity contribution in [1.29, 1.82) is 0 Å². The van der Waals surface area contributed by atoms with Gasteiger partial charge in [-0.1, -0.05) is 36.2 Å². The van der Waals surface area contributed by atoms with Gasteiger partial charge in [-0.05, 0) is 43.9 Å². The lowest BCUT2D eigenvalue weighted by Gasteiger charge is -2.68. The van der Waals surface area contributed by atoms with Crippen molar-refractivity contribution < 1.29 is 20.3 Å². The molecule has 3 fully saturated rings. The Balaban J connectivity index is 0.000000221. The highest BCUT2D eigenvalue weighted by atomic mass is 79.9. The van der Waals surface area contributed by atoms with E-state index >= 15 is 0 Å². The van der Waals surface area contributed by atoms with E-state index in [1.54, 1.807) is 6.92 Å². The largest absolute Gasteiger partial charge is 0.893 e. The van der Waals surface area contributed by atoms with E-state index in [4.69, 9.17) is 0 Å². The van der Waals surface area contributed by atoms with Gasteiger partial charge in [0, 0.05) is 5.33 Å². The van der Waals surface area contributed by atoms with Crippen LogP contribution < -0.4 is 10.0 Å². The Morgan fingerprint density at radius 3 is 2.15 bits per heavy atom. The average molecular weight is 349 g/mol. The lowest BCUT2D eigenvalue weighted by Crippen LogP contribution is -2.74. The maximum atomic E-state index is 10.2. The monoisotopic (exact) mass is 348 g/mol. The van der Waals surface area contributed by atoms with Crippen molar-refractivity contribution in [2.75, 3.05) is 5.33 Å². The van der Waals surface area contributed by atoms with Gasteiger partial charge in [-0.25, -0.2) is 0 Å². The number of hydrogen-bond donors (Lipinski definition) is 2. The summed E-state index contributed by atoms with van der Waals surface area (Å²) in [6.45, 7) is 5.90. The summed E-state index contributed by atoms with van der Waals surface area (Å²) in [5, 5.41) is 40.8. The minimum atomic E-state index is -1.62. The fourth-order valence-corrected chi connectivity index (χ4v) is 3.92. The first kappa shape index (κ1) is 18.4. The Morgan fingerprint density at radius 1 is 1.20 bits per heavy atom. The summed E-state index contributed by atoms with van der Waals surface area (Å²) >= 11 is 3.20. The zero-order chi connectivity index (χ0) is 15.6. The molecule has 0 aliphatic heterocycles. The second kappa shape index (κ2) is 6.65. The fourth-order valence-electron chi connectivity index (χ4n) is 3.53. The molecule has 2 bridgehead atoms. The fraction of sp³-hybridized carbons (Fsp3) is 1.00. The molecule has 0 amide bonds. The average Bonchev–Trinajstić information content (AvgIpc) is 2.33. The Morgan fingerprint density at radius 2 is 1.80 bits per heavy atom. The van der Waals surface area contributed by atoms with Gasteiger partial charge < -0.3 is 20.3 Å². The highest BCUT2D eigenvalue weighted by Gasteiger charge is 2.69. The van der Waals surface area contributed by atoms with Gasteiger partial charge in [-0.15, -0.1) is 13.4 Å². The summed E-state index contributed by atoms with van der Waals surface area (Å²) in [5.74, 6) is 0.614. The van der Waals surface area contributed by atoms with Crippen molar-refractivity contribution in [3.63, 3.8) is 0 Å². The third kappa shape index (κ3) is 3.41. The Bertz CT molecular complexity index is 312. The van der Waals surface area contributed by atoms with Crippen LogP contribution in [0.15, 0.2) is 0 Å². The molecule has 3 unspecified atom stereocenters. The van der Waals surface area contributed by atoms with E-state index in [1.165, 1.54) is 0 Å². The van der Waals surface area contributed by atoms with Crippen LogP contribution in [0.1, 0.15) is 52.9 Å².